The number of carbonyl (C=O) groups is 1. The molecule has 19 heavy (non-hydrogen) atoms. The first-order valence-electron chi connectivity index (χ1n) is 6.31. The van der Waals surface area contributed by atoms with Crippen LogP contribution in [0.3, 0.4) is 0 Å². The second-order valence-corrected chi connectivity index (χ2v) is 4.61. The van der Waals surface area contributed by atoms with Gasteiger partial charge in [-0.15, -0.1) is 0 Å². The van der Waals surface area contributed by atoms with Gasteiger partial charge in [0, 0.05) is 19.7 Å². The summed E-state index contributed by atoms with van der Waals surface area (Å²) >= 11 is 0. The first-order valence-corrected chi connectivity index (χ1v) is 6.31. The molecule has 1 aromatic carbocycles. The Bertz CT molecular complexity index is 561. The summed E-state index contributed by atoms with van der Waals surface area (Å²) in [4.78, 5) is 15.5. The molecule has 4 heteroatoms. The van der Waals surface area contributed by atoms with Crippen LogP contribution in [0.5, 0.6) is 0 Å². The van der Waals surface area contributed by atoms with Crippen molar-refractivity contribution in [1.29, 1.82) is 0 Å². The third-order valence-corrected chi connectivity index (χ3v) is 2.83. The van der Waals surface area contributed by atoms with Gasteiger partial charge in [0.1, 0.15) is 5.82 Å². The molecule has 0 saturated carbocycles. The Morgan fingerprint density at radius 2 is 2.05 bits per heavy atom. The number of carbonyl (C=O) groups excluding carboxylic acids is 1. The van der Waals surface area contributed by atoms with Crippen molar-refractivity contribution in [2.24, 2.45) is 0 Å². The SMILES string of the molecule is CC(=O)O[C@H](C)c1nc(C)cn1Cc1ccccc1. The Morgan fingerprint density at radius 3 is 2.68 bits per heavy atom. The predicted molar refractivity (Wildman–Crippen MR) is 72.7 cm³/mol. The molecule has 0 bridgehead atoms. The van der Waals surface area contributed by atoms with Crippen LogP contribution < -0.4 is 0 Å². The van der Waals surface area contributed by atoms with Gasteiger partial charge in [-0.1, -0.05) is 30.3 Å². The zero-order valence-electron chi connectivity index (χ0n) is 11.5. The van der Waals surface area contributed by atoms with E-state index in [4.69, 9.17) is 4.74 Å². The number of nitrogens with zero attached hydrogens (tertiary/aromatic N) is 2. The predicted octanol–water partition coefficient (Wildman–Crippen LogP) is 2.86. The Hall–Kier alpha value is -2.10. The van der Waals surface area contributed by atoms with Gasteiger partial charge in [0.05, 0.1) is 5.69 Å². The molecule has 0 radical (unpaired) electrons. The summed E-state index contributed by atoms with van der Waals surface area (Å²) < 4.78 is 7.23. The quantitative estimate of drug-likeness (QED) is 0.792. The summed E-state index contributed by atoms with van der Waals surface area (Å²) in [7, 11) is 0. The smallest absolute Gasteiger partial charge is 0.303 e. The molecule has 1 atom stereocenters. The summed E-state index contributed by atoms with van der Waals surface area (Å²) in [5.74, 6) is 0.482. The Balaban J connectivity index is 2.23. The molecule has 1 heterocycles. The van der Waals surface area contributed by atoms with Crippen molar-refractivity contribution in [2.45, 2.75) is 33.4 Å². The standard InChI is InChI=1S/C15H18N2O2/c1-11-9-17(10-14-7-5-4-6-8-14)15(16-11)12(2)19-13(3)18/h4-9,12H,10H2,1-3H3/t12-/m1/s1. The van der Waals surface area contributed by atoms with Gasteiger partial charge in [-0.05, 0) is 19.4 Å². The van der Waals surface area contributed by atoms with Crippen LogP contribution in [0.4, 0.5) is 0 Å². The number of rotatable bonds is 4. The van der Waals surface area contributed by atoms with Crippen molar-refractivity contribution in [3.8, 4) is 0 Å². The third-order valence-electron chi connectivity index (χ3n) is 2.83. The third kappa shape index (κ3) is 3.44. The van der Waals surface area contributed by atoms with E-state index < -0.39 is 0 Å². The molecule has 0 aliphatic rings. The molecule has 2 aromatic rings. The Morgan fingerprint density at radius 1 is 1.37 bits per heavy atom. The van der Waals surface area contributed by atoms with Gasteiger partial charge in [-0.2, -0.15) is 0 Å². The van der Waals surface area contributed by atoms with E-state index in [-0.39, 0.29) is 12.1 Å². The van der Waals surface area contributed by atoms with E-state index in [2.05, 4.69) is 17.1 Å². The summed E-state index contributed by atoms with van der Waals surface area (Å²) in [6.07, 6.45) is 1.64. The highest BCUT2D eigenvalue weighted by Crippen LogP contribution is 2.18. The number of esters is 1. The number of hydrogen-bond acceptors (Lipinski definition) is 3. The maximum atomic E-state index is 11.0. The van der Waals surface area contributed by atoms with Crippen molar-refractivity contribution < 1.29 is 9.53 Å². The molecule has 0 fully saturated rings. The van der Waals surface area contributed by atoms with Crippen LogP contribution in [0.2, 0.25) is 0 Å². The van der Waals surface area contributed by atoms with Crippen molar-refractivity contribution in [3.05, 3.63) is 53.6 Å². The minimum Gasteiger partial charge on any atom is -0.455 e. The molecule has 0 amide bonds. The fourth-order valence-corrected chi connectivity index (χ4v) is 2.10. The van der Waals surface area contributed by atoms with Gasteiger partial charge in [0.15, 0.2) is 6.10 Å². The highest BCUT2D eigenvalue weighted by atomic mass is 16.5. The lowest BCUT2D eigenvalue weighted by atomic mass is 10.2. The fraction of sp³-hybridized carbons (Fsp3) is 0.333. The Labute approximate surface area is 113 Å². The Kier molecular flexibility index (Phi) is 4.00. The van der Waals surface area contributed by atoms with Gasteiger partial charge >= 0.3 is 5.97 Å². The van der Waals surface area contributed by atoms with Crippen LogP contribution in [0.1, 0.15) is 37.0 Å². The van der Waals surface area contributed by atoms with Crippen LogP contribution in [-0.2, 0) is 16.1 Å². The molecule has 0 aliphatic heterocycles. The van der Waals surface area contributed by atoms with E-state index in [1.54, 1.807) is 0 Å². The van der Waals surface area contributed by atoms with Crippen LogP contribution >= 0.6 is 0 Å². The lowest BCUT2D eigenvalue weighted by Crippen LogP contribution is -2.12. The van der Waals surface area contributed by atoms with E-state index in [9.17, 15) is 4.79 Å². The summed E-state index contributed by atoms with van der Waals surface area (Å²) in [5, 5.41) is 0. The molecule has 4 nitrogen and oxygen atoms in total. The molecular formula is C15H18N2O2. The van der Waals surface area contributed by atoms with E-state index in [1.165, 1.54) is 12.5 Å². The minimum atomic E-state index is -0.338. The van der Waals surface area contributed by atoms with Gasteiger partial charge < -0.3 is 9.30 Å². The van der Waals surface area contributed by atoms with Crippen molar-refractivity contribution >= 4 is 5.97 Å². The normalized spacial score (nSPS) is 12.2. The molecule has 0 saturated heterocycles. The maximum absolute atomic E-state index is 11.0. The highest BCUT2D eigenvalue weighted by Gasteiger charge is 2.16. The van der Waals surface area contributed by atoms with Gasteiger partial charge in [-0.3, -0.25) is 4.79 Å². The van der Waals surface area contributed by atoms with Crippen LogP contribution in [0.15, 0.2) is 36.5 Å². The van der Waals surface area contributed by atoms with Gasteiger partial charge in [-0.25, -0.2) is 4.98 Å². The maximum Gasteiger partial charge on any atom is 0.303 e. The number of ether oxygens (including phenoxy) is 1. The van der Waals surface area contributed by atoms with Crippen molar-refractivity contribution in [3.63, 3.8) is 0 Å². The fourth-order valence-electron chi connectivity index (χ4n) is 2.10. The second-order valence-electron chi connectivity index (χ2n) is 4.61. The molecule has 0 aliphatic carbocycles. The monoisotopic (exact) mass is 258 g/mol. The molecule has 0 N–H and O–H groups in total. The number of imidazole rings is 1. The van der Waals surface area contributed by atoms with E-state index in [0.29, 0.717) is 0 Å². The zero-order chi connectivity index (χ0) is 13.8. The lowest BCUT2D eigenvalue weighted by Gasteiger charge is -2.14. The lowest BCUT2D eigenvalue weighted by molar-refractivity contribution is -0.146. The number of aryl methyl sites for hydroxylation is 1. The molecular weight excluding hydrogens is 240 g/mol. The molecule has 0 unspecified atom stereocenters. The minimum absolute atomic E-state index is 0.292. The van der Waals surface area contributed by atoms with Crippen molar-refractivity contribution in [1.82, 2.24) is 9.55 Å². The largest absolute Gasteiger partial charge is 0.455 e. The van der Waals surface area contributed by atoms with Crippen LogP contribution in [-0.4, -0.2) is 15.5 Å². The van der Waals surface area contributed by atoms with E-state index in [1.807, 2.05) is 42.8 Å². The van der Waals surface area contributed by atoms with Crippen LogP contribution in [0.25, 0.3) is 0 Å². The first-order chi connectivity index (χ1) is 9.06. The van der Waals surface area contributed by atoms with Crippen LogP contribution in [0, 0.1) is 6.92 Å². The van der Waals surface area contributed by atoms with Gasteiger partial charge in [0.25, 0.3) is 0 Å². The average Bonchev–Trinajstić information content (AvgIpc) is 2.71. The average molecular weight is 258 g/mol. The zero-order valence-corrected chi connectivity index (χ0v) is 11.5. The number of aromatic nitrogens is 2. The molecule has 1 aromatic heterocycles. The topological polar surface area (TPSA) is 44.1 Å². The second kappa shape index (κ2) is 5.69. The summed E-state index contributed by atoms with van der Waals surface area (Å²) in [5.41, 5.74) is 2.11. The van der Waals surface area contributed by atoms with E-state index >= 15 is 0 Å². The molecule has 2 rings (SSSR count). The molecule has 100 valence electrons. The first kappa shape index (κ1) is 13.3. The van der Waals surface area contributed by atoms with Gasteiger partial charge in [0.2, 0.25) is 0 Å². The number of benzene rings is 1. The highest BCUT2D eigenvalue weighted by molar-refractivity contribution is 5.66. The molecule has 0 spiro atoms. The summed E-state index contributed by atoms with van der Waals surface area (Å²) in [6, 6.07) is 10.1. The van der Waals surface area contributed by atoms with Crippen molar-refractivity contribution in [2.75, 3.05) is 0 Å². The summed E-state index contributed by atoms with van der Waals surface area (Å²) in [6.45, 7) is 5.91. The number of hydrogen-bond donors (Lipinski definition) is 0. The van der Waals surface area contributed by atoms with E-state index in [0.717, 1.165) is 18.1 Å².